The monoisotopic (exact) mass is 398 g/mol. The lowest BCUT2D eigenvalue weighted by atomic mass is 10.1. The largest absolute Gasteiger partial charge is 0.389 e. The van der Waals surface area contributed by atoms with E-state index in [9.17, 15) is 0 Å². The van der Waals surface area contributed by atoms with Gasteiger partial charge in [0, 0.05) is 25.9 Å². The van der Waals surface area contributed by atoms with Gasteiger partial charge in [-0.05, 0) is 58.7 Å². The van der Waals surface area contributed by atoms with Gasteiger partial charge in [-0.1, -0.05) is 34.2 Å². The molecule has 0 aliphatic rings. The first-order valence-electron chi connectivity index (χ1n) is 5.60. The van der Waals surface area contributed by atoms with Crippen LogP contribution in [0.3, 0.4) is 0 Å². The molecule has 2 aromatic rings. The molecule has 3 N–H and O–H groups in total. The second-order valence-electron chi connectivity index (χ2n) is 4.10. The van der Waals surface area contributed by atoms with Gasteiger partial charge in [0.15, 0.2) is 0 Å². The van der Waals surface area contributed by atoms with Crippen LogP contribution in [-0.2, 0) is 0 Å². The van der Waals surface area contributed by atoms with E-state index in [1.165, 1.54) is 0 Å². The molecule has 0 fully saturated rings. The van der Waals surface area contributed by atoms with Crippen molar-refractivity contribution in [3.05, 3.63) is 56.5 Å². The molecule has 2 aromatic carbocycles. The second-order valence-corrected chi connectivity index (χ2v) is 6.24. The smallest absolute Gasteiger partial charge is 0.105 e. The van der Waals surface area contributed by atoms with Gasteiger partial charge >= 0.3 is 0 Å². The molecule has 0 amide bonds. The minimum atomic E-state index is 0.386. The van der Waals surface area contributed by atoms with Gasteiger partial charge in [0.05, 0.1) is 0 Å². The Hall–Kier alpha value is -0.910. The van der Waals surface area contributed by atoms with Crippen LogP contribution < -0.4 is 11.1 Å². The lowest BCUT2D eigenvalue weighted by Crippen LogP contribution is -2.10. The third-order valence-corrected chi connectivity index (χ3v) is 4.52. The summed E-state index contributed by atoms with van der Waals surface area (Å²) in [7, 11) is 0. The number of thiocarbonyl (C=S) groups is 1. The van der Waals surface area contributed by atoms with Crippen LogP contribution in [0, 0.1) is 6.92 Å². The third kappa shape index (κ3) is 3.35. The third-order valence-electron chi connectivity index (χ3n) is 2.78. The van der Waals surface area contributed by atoms with Gasteiger partial charge in [-0.2, -0.15) is 0 Å². The van der Waals surface area contributed by atoms with Crippen molar-refractivity contribution in [3.8, 4) is 0 Å². The molecule has 0 aromatic heterocycles. The highest BCUT2D eigenvalue weighted by molar-refractivity contribution is 9.10. The van der Waals surface area contributed by atoms with E-state index >= 15 is 0 Å². The number of rotatable bonds is 3. The summed E-state index contributed by atoms with van der Waals surface area (Å²) < 4.78 is 1.97. The predicted octanol–water partition coefficient (Wildman–Crippen LogP) is 4.90. The van der Waals surface area contributed by atoms with Gasteiger partial charge < -0.3 is 11.1 Å². The fourth-order valence-electron chi connectivity index (χ4n) is 1.69. The Labute approximate surface area is 134 Å². The Kier molecular flexibility index (Phi) is 4.60. The number of halogens is 2. The van der Waals surface area contributed by atoms with Crippen molar-refractivity contribution in [1.82, 2.24) is 0 Å². The van der Waals surface area contributed by atoms with E-state index < -0.39 is 0 Å². The summed E-state index contributed by atoms with van der Waals surface area (Å²) in [6.07, 6.45) is 0. The van der Waals surface area contributed by atoms with Gasteiger partial charge in [0.25, 0.3) is 0 Å². The topological polar surface area (TPSA) is 38.0 Å². The Morgan fingerprint density at radius 1 is 1.16 bits per heavy atom. The van der Waals surface area contributed by atoms with E-state index in [2.05, 4.69) is 44.1 Å². The van der Waals surface area contributed by atoms with Crippen LogP contribution in [0.25, 0.3) is 0 Å². The zero-order valence-electron chi connectivity index (χ0n) is 10.2. The summed E-state index contributed by atoms with van der Waals surface area (Å²) in [5.74, 6) is 0. The maximum atomic E-state index is 5.64. The van der Waals surface area contributed by atoms with E-state index in [-0.39, 0.29) is 0 Å². The van der Waals surface area contributed by atoms with Gasteiger partial charge in [-0.3, -0.25) is 0 Å². The fourth-order valence-corrected chi connectivity index (χ4v) is 2.96. The zero-order valence-corrected chi connectivity index (χ0v) is 14.2. The minimum absolute atomic E-state index is 0.386. The minimum Gasteiger partial charge on any atom is -0.389 e. The quantitative estimate of drug-likeness (QED) is 0.721. The lowest BCUT2D eigenvalue weighted by molar-refractivity contribution is 1.40. The standard InChI is InChI=1S/C14H12Br2N2S/c1-8-11(15)3-2-4-13(8)18-9-5-6-10(14(17)19)12(16)7-9/h2-7,18H,1H3,(H2,17,19). The van der Waals surface area contributed by atoms with Gasteiger partial charge in [-0.15, -0.1) is 0 Å². The molecule has 98 valence electrons. The molecule has 0 saturated heterocycles. The van der Waals surface area contributed by atoms with Crippen molar-refractivity contribution in [3.63, 3.8) is 0 Å². The molecule has 0 aliphatic carbocycles. The van der Waals surface area contributed by atoms with Crippen LogP contribution in [-0.4, -0.2) is 4.99 Å². The number of anilines is 2. The van der Waals surface area contributed by atoms with Gasteiger partial charge in [-0.25, -0.2) is 0 Å². The zero-order chi connectivity index (χ0) is 14.0. The fraction of sp³-hybridized carbons (Fsp3) is 0.0714. The molecule has 0 radical (unpaired) electrons. The second kappa shape index (κ2) is 6.03. The number of hydrogen-bond acceptors (Lipinski definition) is 2. The van der Waals surface area contributed by atoms with E-state index in [0.717, 1.165) is 31.4 Å². The molecular formula is C14H12Br2N2S. The number of benzene rings is 2. The van der Waals surface area contributed by atoms with Crippen LogP contribution in [0.15, 0.2) is 45.3 Å². The molecule has 0 atom stereocenters. The summed E-state index contributed by atoms with van der Waals surface area (Å²) in [5, 5.41) is 3.38. The van der Waals surface area contributed by atoms with Crippen molar-refractivity contribution < 1.29 is 0 Å². The average Bonchev–Trinajstić information content (AvgIpc) is 2.34. The predicted molar refractivity (Wildman–Crippen MR) is 92.2 cm³/mol. The number of nitrogens with one attached hydrogen (secondary N) is 1. The highest BCUT2D eigenvalue weighted by Crippen LogP contribution is 2.28. The molecular weight excluding hydrogens is 388 g/mol. The van der Waals surface area contributed by atoms with Crippen LogP contribution in [0.2, 0.25) is 0 Å². The van der Waals surface area contributed by atoms with Crippen molar-refractivity contribution in [2.45, 2.75) is 6.92 Å². The Morgan fingerprint density at radius 2 is 1.89 bits per heavy atom. The molecule has 0 spiro atoms. The summed E-state index contributed by atoms with van der Waals surface area (Å²) in [6, 6.07) is 11.9. The summed E-state index contributed by atoms with van der Waals surface area (Å²) in [4.78, 5) is 0.386. The molecule has 2 nitrogen and oxygen atoms in total. The van der Waals surface area contributed by atoms with Crippen LogP contribution in [0.1, 0.15) is 11.1 Å². The van der Waals surface area contributed by atoms with E-state index in [1.807, 2.05) is 36.4 Å². The molecule has 0 bridgehead atoms. The molecule has 19 heavy (non-hydrogen) atoms. The van der Waals surface area contributed by atoms with Crippen LogP contribution in [0.5, 0.6) is 0 Å². The molecule has 0 heterocycles. The van der Waals surface area contributed by atoms with Crippen molar-refractivity contribution in [2.75, 3.05) is 5.32 Å². The number of nitrogens with two attached hydrogens (primary N) is 1. The van der Waals surface area contributed by atoms with Crippen molar-refractivity contribution >= 4 is 60.4 Å². The maximum Gasteiger partial charge on any atom is 0.105 e. The molecule has 2 rings (SSSR count). The average molecular weight is 400 g/mol. The van der Waals surface area contributed by atoms with Crippen molar-refractivity contribution in [2.24, 2.45) is 5.73 Å². The van der Waals surface area contributed by atoms with Gasteiger partial charge in [0.2, 0.25) is 0 Å². The normalized spacial score (nSPS) is 10.3. The van der Waals surface area contributed by atoms with E-state index in [1.54, 1.807) is 0 Å². The van der Waals surface area contributed by atoms with Gasteiger partial charge in [0.1, 0.15) is 4.99 Å². The molecule has 0 unspecified atom stereocenters. The Balaban J connectivity index is 2.32. The van der Waals surface area contributed by atoms with Crippen LogP contribution >= 0.6 is 44.1 Å². The highest BCUT2D eigenvalue weighted by atomic mass is 79.9. The van der Waals surface area contributed by atoms with Crippen LogP contribution in [0.4, 0.5) is 11.4 Å². The summed E-state index contributed by atoms with van der Waals surface area (Å²) >= 11 is 12.0. The lowest BCUT2D eigenvalue weighted by Gasteiger charge is -2.12. The first-order valence-corrected chi connectivity index (χ1v) is 7.60. The van der Waals surface area contributed by atoms with E-state index in [4.69, 9.17) is 18.0 Å². The summed E-state index contributed by atoms with van der Waals surface area (Å²) in [5.41, 5.74) is 9.68. The Morgan fingerprint density at radius 3 is 2.53 bits per heavy atom. The molecule has 0 saturated carbocycles. The number of hydrogen-bond donors (Lipinski definition) is 2. The first kappa shape index (κ1) is 14.5. The maximum absolute atomic E-state index is 5.64. The Bertz CT molecular complexity index is 641. The SMILES string of the molecule is Cc1c(Br)cccc1Nc1ccc(C(N)=S)c(Br)c1. The van der Waals surface area contributed by atoms with Crippen molar-refractivity contribution in [1.29, 1.82) is 0 Å². The highest BCUT2D eigenvalue weighted by Gasteiger charge is 2.06. The first-order chi connectivity index (χ1) is 8.99. The van der Waals surface area contributed by atoms with E-state index in [0.29, 0.717) is 4.99 Å². The summed E-state index contributed by atoms with van der Waals surface area (Å²) in [6.45, 7) is 2.06. The molecule has 0 aliphatic heterocycles. The molecule has 5 heteroatoms.